The summed E-state index contributed by atoms with van der Waals surface area (Å²) < 4.78 is 13.2. The number of halogens is 1. The summed E-state index contributed by atoms with van der Waals surface area (Å²) in [6.45, 7) is 7.38. The molecule has 4 rings (SSSR count). The van der Waals surface area contributed by atoms with Crippen molar-refractivity contribution >= 4 is 34.2 Å². The monoisotopic (exact) mass is 429 g/mol. The molecule has 8 heteroatoms. The third kappa shape index (κ3) is 3.05. The number of nitrogens with zero attached hydrogens (tertiary/aromatic N) is 2. The van der Waals surface area contributed by atoms with Crippen molar-refractivity contribution in [2.45, 2.75) is 40.5 Å². The zero-order valence-electron chi connectivity index (χ0n) is 17.4. The molecule has 2 aromatic rings. The first-order chi connectivity index (χ1) is 14.0. The molecule has 0 radical (unpaired) electrons. The highest BCUT2D eigenvalue weighted by Crippen LogP contribution is 2.59. The molecule has 2 aliphatic rings. The minimum absolute atomic E-state index is 0.250. The van der Waals surface area contributed by atoms with Gasteiger partial charge in [0.1, 0.15) is 12.4 Å². The Bertz CT molecular complexity index is 1050. The first-order valence-electron chi connectivity index (χ1n) is 9.93. The molecule has 2 unspecified atom stereocenters. The van der Waals surface area contributed by atoms with Gasteiger partial charge in [0.05, 0.1) is 11.1 Å². The van der Waals surface area contributed by atoms with E-state index in [1.807, 2.05) is 27.7 Å². The highest BCUT2D eigenvalue weighted by atomic mass is 32.1. The SMILES string of the molecule is Cc1sc(NC(=O)CN2C(=O)C3CCC(C)(C2=O)C3(C)C)nc1-c1ccc(F)cc1. The Morgan fingerprint density at radius 3 is 2.60 bits per heavy atom. The number of anilines is 1. The summed E-state index contributed by atoms with van der Waals surface area (Å²) in [7, 11) is 0. The summed E-state index contributed by atoms with van der Waals surface area (Å²) in [6.07, 6.45) is 1.32. The van der Waals surface area contributed by atoms with Crippen LogP contribution >= 0.6 is 11.3 Å². The van der Waals surface area contributed by atoms with E-state index in [0.29, 0.717) is 23.7 Å². The maximum absolute atomic E-state index is 13.2. The third-order valence-electron chi connectivity index (χ3n) is 6.97. The molecular weight excluding hydrogens is 405 g/mol. The highest BCUT2D eigenvalue weighted by Gasteiger charge is 2.64. The van der Waals surface area contributed by atoms with Crippen LogP contribution in [0.4, 0.5) is 9.52 Å². The van der Waals surface area contributed by atoms with Gasteiger partial charge in [-0.2, -0.15) is 0 Å². The van der Waals surface area contributed by atoms with E-state index < -0.39 is 16.7 Å². The van der Waals surface area contributed by atoms with Crippen molar-refractivity contribution in [2.75, 3.05) is 11.9 Å². The van der Waals surface area contributed by atoms with Gasteiger partial charge in [-0.05, 0) is 49.4 Å². The van der Waals surface area contributed by atoms with Crippen LogP contribution in [0.2, 0.25) is 0 Å². The van der Waals surface area contributed by atoms with Gasteiger partial charge in [0, 0.05) is 16.4 Å². The lowest BCUT2D eigenvalue weighted by molar-refractivity contribution is -0.168. The number of amides is 3. The lowest BCUT2D eigenvalue weighted by Gasteiger charge is -2.47. The molecule has 1 N–H and O–H groups in total. The second-order valence-corrected chi connectivity index (χ2v) is 10.1. The van der Waals surface area contributed by atoms with Crippen LogP contribution in [0.15, 0.2) is 24.3 Å². The quantitative estimate of drug-likeness (QED) is 0.745. The molecule has 2 atom stereocenters. The number of imide groups is 1. The molecule has 0 spiro atoms. The number of rotatable bonds is 4. The van der Waals surface area contributed by atoms with Crippen molar-refractivity contribution in [3.8, 4) is 11.3 Å². The second kappa shape index (κ2) is 6.97. The summed E-state index contributed by atoms with van der Waals surface area (Å²) >= 11 is 1.29. The van der Waals surface area contributed by atoms with Crippen molar-refractivity contribution in [1.29, 1.82) is 0 Å². The van der Waals surface area contributed by atoms with Gasteiger partial charge in [0.2, 0.25) is 17.7 Å². The van der Waals surface area contributed by atoms with Gasteiger partial charge < -0.3 is 5.32 Å². The molecule has 1 saturated carbocycles. The fraction of sp³-hybridized carbons (Fsp3) is 0.455. The fourth-order valence-corrected chi connectivity index (χ4v) is 5.53. The van der Waals surface area contributed by atoms with Crippen molar-refractivity contribution in [3.63, 3.8) is 0 Å². The number of thiazole rings is 1. The van der Waals surface area contributed by atoms with Crippen LogP contribution < -0.4 is 5.32 Å². The molecular formula is C22H24FN3O3S. The molecule has 3 amide bonds. The largest absolute Gasteiger partial charge is 0.300 e. The average molecular weight is 430 g/mol. The van der Waals surface area contributed by atoms with Gasteiger partial charge >= 0.3 is 0 Å². The Labute approximate surface area is 178 Å². The van der Waals surface area contributed by atoms with Gasteiger partial charge in [0.15, 0.2) is 5.13 Å². The molecule has 1 aliphatic carbocycles. The van der Waals surface area contributed by atoms with E-state index in [0.717, 1.165) is 15.3 Å². The second-order valence-electron chi connectivity index (χ2n) is 8.85. The molecule has 2 bridgehead atoms. The van der Waals surface area contributed by atoms with E-state index in [2.05, 4.69) is 10.3 Å². The third-order valence-corrected chi connectivity index (χ3v) is 7.86. The van der Waals surface area contributed by atoms with Crippen LogP contribution in [0.5, 0.6) is 0 Å². The predicted octanol–water partition coefficient (Wildman–Crippen LogP) is 4.01. The summed E-state index contributed by atoms with van der Waals surface area (Å²) in [4.78, 5) is 45.0. The molecule has 6 nitrogen and oxygen atoms in total. The number of likely N-dealkylation sites (tertiary alicyclic amines) is 1. The molecule has 158 valence electrons. The fourth-order valence-electron chi connectivity index (χ4n) is 4.68. The smallest absolute Gasteiger partial charge is 0.246 e. The number of benzene rings is 1. The van der Waals surface area contributed by atoms with Crippen LogP contribution in [-0.4, -0.2) is 34.2 Å². The maximum atomic E-state index is 13.2. The number of aromatic nitrogens is 1. The zero-order chi connectivity index (χ0) is 21.8. The molecule has 30 heavy (non-hydrogen) atoms. The predicted molar refractivity (Wildman–Crippen MR) is 112 cm³/mol. The summed E-state index contributed by atoms with van der Waals surface area (Å²) in [5.41, 5.74) is 0.357. The van der Waals surface area contributed by atoms with Crippen LogP contribution in [0.25, 0.3) is 11.3 Å². The van der Waals surface area contributed by atoms with Crippen molar-refractivity contribution in [1.82, 2.24) is 9.88 Å². The number of hydrogen-bond acceptors (Lipinski definition) is 5. The van der Waals surface area contributed by atoms with Crippen LogP contribution in [0.3, 0.4) is 0 Å². The highest BCUT2D eigenvalue weighted by molar-refractivity contribution is 7.16. The Balaban J connectivity index is 1.49. The zero-order valence-corrected chi connectivity index (χ0v) is 18.2. The van der Waals surface area contributed by atoms with Gasteiger partial charge in [0.25, 0.3) is 0 Å². The van der Waals surface area contributed by atoms with E-state index in [1.165, 1.54) is 23.5 Å². The Kier molecular flexibility index (Phi) is 4.80. The van der Waals surface area contributed by atoms with Crippen LogP contribution in [-0.2, 0) is 14.4 Å². The molecule has 1 aromatic carbocycles. The van der Waals surface area contributed by atoms with Gasteiger partial charge in [-0.1, -0.05) is 20.8 Å². The number of piperidine rings is 1. The normalized spacial score (nSPS) is 25.0. The Morgan fingerprint density at radius 2 is 1.93 bits per heavy atom. The minimum Gasteiger partial charge on any atom is -0.300 e. The molecule has 1 aliphatic heterocycles. The number of fused-ring (bicyclic) bond motifs is 2. The van der Waals surface area contributed by atoms with Crippen molar-refractivity contribution in [3.05, 3.63) is 35.0 Å². The van der Waals surface area contributed by atoms with Gasteiger partial charge in [-0.15, -0.1) is 11.3 Å². The average Bonchev–Trinajstić information content (AvgIpc) is 3.13. The Hall–Kier alpha value is -2.61. The lowest BCUT2D eigenvalue weighted by Crippen LogP contribution is -2.60. The summed E-state index contributed by atoms with van der Waals surface area (Å²) in [6, 6.07) is 5.98. The van der Waals surface area contributed by atoms with E-state index in [9.17, 15) is 18.8 Å². The van der Waals surface area contributed by atoms with Crippen LogP contribution in [0, 0.1) is 29.5 Å². The standard InChI is InChI=1S/C22H24FN3O3S/c1-12-17(13-5-7-14(23)8-6-13)25-20(30-12)24-16(27)11-26-18(28)15-9-10-22(4,19(26)29)21(15,2)3/h5-8,15H,9-11H2,1-4H3,(H,24,25,27). The topological polar surface area (TPSA) is 79.4 Å². The van der Waals surface area contributed by atoms with Gasteiger partial charge in [-0.3, -0.25) is 19.3 Å². The summed E-state index contributed by atoms with van der Waals surface area (Å²) in [5, 5.41) is 3.08. The van der Waals surface area contributed by atoms with E-state index >= 15 is 0 Å². The van der Waals surface area contributed by atoms with Gasteiger partial charge in [-0.25, -0.2) is 9.37 Å². The first-order valence-corrected chi connectivity index (χ1v) is 10.8. The number of hydrogen-bond donors (Lipinski definition) is 1. The maximum Gasteiger partial charge on any atom is 0.246 e. The van der Waals surface area contributed by atoms with Crippen LogP contribution in [0.1, 0.15) is 38.5 Å². The number of aryl methyl sites for hydroxylation is 1. The lowest BCUT2D eigenvalue weighted by atomic mass is 9.62. The van der Waals surface area contributed by atoms with E-state index in [-0.39, 0.29) is 30.1 Å². The van der Waals surface area contributed by atoms with E-state index in [1.54, 1.807) is 12.1 Å². The molecule has 2 heterocycles. The van der Waals surface area contributed by atoms with E-state index in [4.69, 9.17) is 0 Å². The van der Waals surface area contributed by atoms with Crippen molar-refractivity contribution in [2.24, 2.45) is 16.7 Å². The number of carbonyl (C=O) groups is 3. The van der Waals surface area contributed by atoms with Crippen molar-refractivity contribution < 1.29 is 18.8 Å². The molecule has 1 saturated heterocycles. The molecule has 1 aromatic heterocycles. The molecule has 2 fully saturated rings. The minimum atomic E-state index is -0.640. The Morgan fingerprint density at radius 1 is 1.27 bits per heavy atom. The number of carbonyl (C=O) groups excluding carboxylic acids is 3. The number of nitrogens with one attached hydrogen (secondary N) is 1. The first kappa shape index (κ1) is 20.7. The summed E-state index contributed by atoms with van der Waals surface area (Å²) in [5.74, 6) is -1.58.